The van der Waals surface area contributed by atoms with E-state index in [1.54, 1.807) is 28.6 Å². The Hall–Kier alpha value is -2.93. The third-order valence-corrected chi connectivity index (χ3v) is 11.3. The van der Waals surface area contributed by atoms with Crippen molar-refractivity contribution in [2.24, 2.45) is 0 Å². The summed E-state index contributed by atoms with van der Waals surface area (Å²) in [7, 11) is -3.70. The highest BCUT2D eigenvalue weighted by atomic mass is 32.2. The molecule has 2 bridgehead atoms. The Balaban J connectivity index is 1.20. The van der Waals surface area contributed by atoms with Gasteiger partial charge in [-0.15, -0.1) is 0 Å². The second-order valence-electron chi connectivity index (χ2n) is 11.5. The van der Waals surface area contributed by atoms with E-state index >= 15 is 0 Å². The normalized spacial score (nSPS) is 26.7. The van der Waals surface area contributed by atoms with Crippen LogP contribution >= 0.6 is 0 Å². The van der Waals surface area contributed by atoms with Crippen LogP contribution < -0.4 is 0 Å². The third kappa shape index (κ3) is 4.62. The van der Waals surface area contributed by atoms with E-state index in [1.165, 1.54) is 5.56 Å². The standard InChI is InChI=1S/C30H36N4O4S/c1-2-38-29(35)34-24-9-10-25(34)18-26(17-24)32-15-13-30(14-16-32)21-33(20-23-5-3-4-6-28(23)30)39(36,37)27-11-7-22(19-31)8-12-27/h3-8,11-12,24-26H,2,9-10,13-18,20-21H2,1H3. The number of nitrogens with zero attached hydrogens (tertiary/aromatic N) is 4. The van der Waals surface area contributed by atoms with E-state index in [0.29, 0.717) is 31.3 Å². The van der Waals surface area contributed by atoms with E-state index in [1.807, 2.05) is 17.9 Å². The first-order valence-electron chi connectivity index (χ1n) is 14.1. The number of piperidine rings is 2. The predicted octanol–water partition coefficient (Wildman–Crippen LogP) is 4.25. The number of likely N-dealkylation sites (tertiary alicyclic amines) is 1. The molecule has 2 aromatic rings. The second kappa shape index (κ2) is 10.2. The molecule has 2 aromatic carbocycles. The van der Waals surface area contributed by atoms with Crippen LogP contribution in [0.2, 0.25) is 0 Å². The number of hydrogen-bond donors (Lipinski definition) is 0. The molecule has 1 amide bonds. The average molecular weight is 549 g/mol. The summed E-state index contributed by atoms with van der Waals surface area (Å²) in [4.78, 5) is 17.4. The van der Waals surface area contributed by atoms with E-state index in [2.05, 4.69) is 29.2 Å². The van der Waals surface area contributed by atoms with E-state index in [4.69, 9.17) is 10.00 Å². The largest absolute Gasteiger partial charge is 0.450 e. The molecule has 3 fully saturated rings. The number of carbonyl (C=O) groups excluding carboxylic acids is 1. The van der Waals surface area contributed by atoms with Crippen LogP contribution in [0.4, 0.5) is 4.79 Å². The fourth-order valence-corrected chi connectivity index (χ4v) is 9.06. The number of fused-ring (bicyclic) bond motifs is 4. The minimum Gasteiger partial charge on any atom is -0.450 e. The maximum atomic E-state index is 13.7. The molecule has 9 heteroatoms. The second-order valence-corrected chi connectivity index (χ2v) is 13.4. The van der Waals surface area contributed by atoms with Gasteiger partial charge in [-0.25, -0.2) is 13.2 Å². The molecule has 206 valence electrons. The molecule has 2 atom stereocenters. The fraction of sp³-hybridized carbons (Fsp3) is 0.533. The van der Waals surface area contributed by atoms with Crippen molar-refractivity contribution in [3.63, 3.8) is 0 Å². The van der Waals surface area contributed by atoms with Crippen LogP contribution in [0.1, 0.15) is 62.1 Å². The molecule has 3 saturated heterocycles. The first-order chi connectivity index (χ1) is 18.8. The van der Waals surface area contributed by atoms with E-state index in [-0.39, 0.29) is 28.5 Å². The van der Waals surface area contributed by atoms with Gasteiger partial charge in [0.1, 0.15) is 0 Å². The van der Waals surface area contributed by atoms with Crippen molar-refractivity contribution in [3.8, 4) is 6.07 Å². The number of carbonyl (C=O) groups is 1. The van der Waals surface area contributed by atoms with Crippen LogP contribution in [0.25, 0.3) is 0 Å². The molecule has 0 radical (unpaired) electrons. The number of rotatable bonds is 4. The summed E-state index contributed by atoms with van der Waals surface area (Å²) in [5, 5.41) is 9.13. The molecule has 0 aromatic heterocycles. The van der Waals surface area contributed by atoms with Gasteiger partial charge < -0.3 is 14.5 Å². The molecule has 6 rings (SSSR count). The Kier molecular flexibility index (Phi) is 6.90. The van der Waals surface area contributed by atoms with Gasteiger partial charge in [-0.2, -0.15) is 9.57 Å². The molecule has 4 heterocycles. The van der Waals surface area contributed by atoms with Crippen LogP contribution in [0.5, 0.6) is 0 Å². The molecule has 1 spiro atoms. The number of amides is 1. The smallest absolute Gasteiger partial charge is 0.410 e. The summed E-state index contributed by atoms with van der Waals surface area (Å²) >= 11 is 0. The Labute approximate surface area is 231 Å². The topological polar surface area (TPSA) is 93.9 Å². The van der Waals surface area contributed by atoms with E-state index in [9.17, 15) is 13.2 Å². The van der Waals surface area contributed by atoms with E-state index in [0.717, 1.165) is 57.2 Å². The molecule has 39 heavy (non-hydrogen) atoms. The number of benzene rings is 2. The zero-order valence-electron chi connectivity index (χ0n) is 22.5. The van der Waals surface area contributed by atoms with Gasteiger partial charge in [0.15, 0.2) is 0 Å². The predicted molar refractivity (Wildman–Crippen MR) is 146 cm³/mol. The zero-order valence-corrected chi connectivity index (χ0v) is 23.3. The highest BCUT2D eigenvalue weighted by Crippen LogP contribution is 2.45. The van der Waals surface area contributed by atoms with Crippen molar-refractivity contribution in [1.82, 2.24) is 14.1 Å². The summed E-state index contributed by atoms with van der Waals surface area (Å²) in [5.74, 6) is 0. The van der Waals surface area contributed by atoms with Gasteiger partial charge in [-0.1, -0.05) is 24.3 Å². The van der Waals surface area contributed by atoms with Crippen molar-refractivity contribution in [2.75, 3.05) is 26.2 Å². The lowest BCUT2D eigenvalue weighted by atomic mass is 9.69. The summed E-state index contributed by atoms with van der Waals surface area (Å²) < 4.78 is 34.5. The molecule has 0 saturated carbocycles. The molecule has 4 aliphatic heterocycles. The zero-order chi connectivity index (χ0) is 27.2. The Morgan fingerprint density at radius 1 is 1.03 bits per heavy atom. The minimum atomic E-state index is -3.70. The average Bonchev–Trinajstić information content (AvgIpc) is 3.23. The van der Waals surface area contributed by atoms with Gasteiger partial charge in [0.25, 0.3) is 0 Å². The lowest BCUT2D eigenvalue weighted by Gasteiger charge is -2.51. The summed E-state index contributed by atoms with van der Waals surface area (Å²) in [6, 6.07) is 17.6. The van der Waals surface area contributed by atoms with Crippen molar-refractivity contribution in [2.45, 2.75) is 80.4 Å². The van der Waals surface area contributed by atoms with Gasteiger partial charge in [0.2, 0.25) is 10.0 Å². The SMILES string of the molecule is CCOC(=O)N1C2CCC1CC(N1CCC3(CC1)CN(S(=O)(=O)c1ccc(C#N)cc1)Cc1ccccc13)C2. The van der Waals surface area contributed by atoms with Crippen molar-refractivity contribution in [3.05, 3.63) is 65.2 Å². The number of sulfonamides is 1. The van der Waals surface area contributed by atoms with Gasteiger partial charge in [-0.3, -0.25) is 0 Å². The molecule has 0 aliphatic carbocycles. The number of ether oxygens (including phenoxy) is 1. The number of nitriles is 1. The van der Waals surface area contributed by atoms with Gasteiger partial charge in [-0.05, 0) is 93.9 Å². The first kappa shape index (κ1) is 26.3. The highest BCUT2D eigenvalue weighted by molar-refractivity contribution is 7.89. The Bertz CT molecular complexity index is 1360. The highest BCUT2D eigenvalue weighted by Gasteiger charge is 2.49. The molecule has 2 unspecified atom stereocenters. The van der Waals surface area contributed by atoms with Crippen LogP contribution in [-0.4, -0.2) is 73.0 Å². The quantitative estimate of drug-likeness (QED) is 0.567. The molecule has 0 N–H and O–H groups in total. The van der Waals surface area contributed by atoms with Crippen LogP contribution in [0.15, 0.2) is 53.4 Å². The summed E-state index contributed by atoms with van der Waals surface area (Å²) in [6.07, 6.45) is 5.70. The molecular formula is C30H36N4O4S. The maximum absolute atomic E-state index is 13.7. The Morgan fingerprint density at radius 3 is 2.33 bits per heavy atom. The lowest BCUT2D eigenvalue weighted by molar-refractivity contribution is 0.0237. The van der Waals surface area contributed by atoms with Crippen molar-refractivity contribution >= 4 is 16.1 Å². The lowest BCUT2D eigenvalue weighted by Crippen LogP contribution is -2.57. The van der Waals surface area contributed by atoms with Gasteiger partial charge in [0.05, 0.1) is 23.1 Å². The van der Waals surface area contributed by atoms with Gasteiger partial charge >= 0.3 is 6.09 Å². The monoisotopic (exact) mass is 548 g/mol. The summed E-state index contributed by atoms with van der Waals surface area (Å²) in [5.41, 5.74) is 2.59. The summed E-state index contributed by atoms with van der Waals surface area (Å²) in [6.45, 7) is 4.93. The first-order valence-corrected chi connectivity index (χ1v) is 15.6. The molecule has 8 nitrogen and oxygen atoms in total. The Morgan fingerprint density at radius 2 is 1.69 bits per heavy atom. The van der Waals surface area contributed by atoms with E-state index < -0.39 is 10.0 Å². The van der Waals surface area contributed by atoms with Gasteiger partial charge in [0, 0.05) is 36.6 Å². The fourth-order valence-electron chi connectivity index (χ4n) is 7.55. The van der Waals surface area contributed by atoms with Crippen molar-refractivity contribution in [1.29, 1.82) is 5.26 Å². The molecule has 4 aliphatic rings. The van der Waals surface area contributed by atoms with Crippen molar-refractivity contribution < 1.29 is 17.9 Å². The minimum absolute atomic E-state index is 0.163. The number of hydrogen-bond acceptors (Lipinski definition) is 6. The molecular weight excluding hydrogens is 512 g/mol. The van der Waals surface area contributed by atoms with Crippen LogP contribution in [0, 0.1) is 11.3 Å². The van der Waals surface area contributed by atoms with Crippen LogP contribution in [0.3, 0.4) is 0 Å². The maximum Gasteiger partial charge on any atom is 0.410 e. The van der Waals surface area contributed by atoms with Crippen LogP contribution in [-0.2, 0) is 26.7 Å². The third-order valence-electron chi connectivity index (χ3n) is 9.49.